The summed E-state index contributed by atoms with van der Waals surface area (Å²) >= 11 is 0. The molecular formula is C14H19NO2. The highest BCUT2D eigenvalue weighted by Gasteiger charge is 2.02. The van der Waals surface area contributed by atoms with Crippen LogP contribution < -0.4 is 0 Å². The first-order valence-corrected chi connectivity index (χ1v) is 5.80. The summed E-state index contributed by atoms with van der Waals surface area (Å²) in [7, 11) is 0. The zero-order valence-corrected chi connectivity index (χ0v) is 10.4. The smallest absolute Gasteiger partial charge is 0.346 e. The van der Waals surface area contributed by atoms with Gasteiger partial charge in [-0.25, -0.2) is 4.79 Å². The van der Waals surface area contributed by atoms with Gasteiger partial charge in [0.05, 0.1) is 0 Å². The van der Waals surface area contributed by atoms with E-state index in [0.717, 1.165) is 12.0 Å². The summed E-state index contributed by atoms with van der Waals surface area (Å²) in [5, 5.41) is 17.2. The predicted molar refractivity (Wildman–Crippen MR) is 68.4 cm³/mol. The first-order chi connectivity index (χ1) is 8.11. The summed E-state index contributed by atoms with van der Waals surface area (Å²) in [6, 6.07) is 1.63. The summed E-state index contributed by atoms with van der Waals surface area (Å²) in [6.45, 7) is 4.04. The number of carbonyl (C=O) groups is 1. The maximum Gasteiger partial charge on any atom is 0.346 e. The van der Waals surface area contributed by atoms with Gasteiger partial charge in [0.2, 0.25) is 0 Å². The second-order valence-corrected chi connectivity index (χ2v) is 3.81. The molecular weight excluding hydrogens is 214 g/mol. The highest BCUT2D eigenvalue weighted by atomic mass is 16.4. The van der Waals surface area contributed by atoms with Crippen molar-refractivity contribution in [2.24, 2.45) is 0 Å². The molecule has 17 heavy (non-hydrogen) atoms. The number of nitrogens with zero attached hydrogens (tertiary/aromatic N) is 1. The molecule has 0 radical (unpaired) electrons. The highest BCUT2D eigenvalue weighted by Crippen LogP contribution is 2.03. The number of hydrogen-bond acceptors (Lipinski definition) is 2. The molecule has 0 atom stereocenters. The SMILES string of the molecule is CCCCCC=CC(C)=CC=C(C#N)C(=O)O. The Bertz CT molecular complexity index is 370. The maximum atomic E-state index is 10.5. The van der Waals surface area contributed by atoms with Gasteiger partial charge in [-0.15, -0.1) is 0 Å². The van der Waals surface area contributed by atoms with Gasteiger partial charge in [-0.3, -0.25) is 0 Å². The molecule has 0 aromatic carbocycles. The quantitative estimate of drug-likeness (QED) is 0.316. The molecule has 0 fully saturated rings. The van der Waals surface area contributed by atoms with Gasteiger partial charge in [0.1, 0.15) is 11.6 Å². The summed E-state index contributed by atoms with van der Waals surface area (Å²) in [6.07, 6.45) is 11.6. The summed E-state index contributed by atoms with van der Waals surface area (Å²) < 4.78 is 0. The van der Waals surface area contributed by atoms with E-state index in [1.807, 2.05) is 13.0 Å². The zero-order valence-electron chi connectivity index (χ0n) is 10.4. The molecule has 0 aliphatic rings. The van der Waals surface area contributed by atoms with Crippen molar-refractivity contribution in [3.8, 4) is 6.07 Å². The predicted octanol–water partition coefficient (Wildman–Crippen LogP) is 3.60. The molecule has 3 nitrogen and oxygen atoms in total. The normalized spacial score (nSPS) is 12.8. The number of allylic oxidation sites excluding steroid dienone is 5. The van der Waals surface area contributed by atoms with Crippen LogP contribution in [0.3, 0.4) is 0 Å². The third kappa shape index (κ3) is 8.04. The van der Waals surface area contributed by atoms with E-state index in [2.05, 4.69) is 13.0 Å². The van der Waals surface area contributed by atoms with Gasteiger partial charge in [0.25, 0.3) is 0 Å². The minimum absolute atomic E-state index is 0.247. The molecule has 3 heteroatoms. The van der Waals surface area contributed by atoms with E-state index in [1.165, 1.54) is 25.3 Å². The van der Waals surface area contributed by atoms with Gasteiger partial charge < -0.3 is 5.11 Å². The number of unbranched alkanes of at least 4 members (excludes halogenated alkanes) is 3. The van der Waals surface area contributed by atoms with Crippen molar-refractivity contribution >= 4 is 5.97 Å². The Labute approximate surface area is 103 Å². The van der Waals surface area contributed by atoms with Crippen molar-refractivity contribution < 1.29 is 9.90 Å². The van der Waals surface area contributed by atoms with Crippen LogP contribution in [0.2, 0.25) is 0 Å². The van der Waals surface area contributed by atoms with E-state index >= 15 is 0 Å². The van der Waals surface area contributed by atoms with Crippen LogP contribution in [0, 0.1) is 11.3 Å². The molecule has 0 saturated carbocycles. The molecule has 0 aliphatic carbocycles. The number of carboxylic acids is 1. The Morgan fingerprint density at radius 3 is 2.59 bits per heavy atom. The average molecular weight is 233 g/mol. The monoisotopic (exact) mass is 233 g/mol. The lowest BCUT2D eigenvalue weighted by Gasteiger charge is -1.93. The minimum Gasteiger partial charge on any atom is -0.477 e. The fourth-order valence-electron chi connectivity index (χ4n) is 1.21. The lowest BCUT2D eigenvalue weighted by molar-refractivity contribution is -0.132. The van der Waals surface area contributed by atoms with E-state index in [0.29, 0.717) is 0 Å². The molecule has 0 rings (SSSR count). The lowest BCUT2D eigenvalue weighted by atomic mass is 10.1. The van der Waals surface area contributed by atoms with E-state index in [-0.39, 0.29) is 5.57 Å². The van der Waals surface area contributed by atoms with Crippen molar-refractivity contribution in [1.29, 1.82) is 5.26 Å². The van der Waals surface area contributed by atoms with Crippen LogP contribution >= 0.6 is 0 Å². The molecule has 0 unspecified atom stereocenters. The Morgan fingerprint density at radius 1 is 1.35 bits per heavy atom. The van der Waals surface area contributed by atoms with Crippen molar-refractivity contribution in [3.63, 3.8) is 0 Å². The van der Waals surface area contributed by atoms with Crippen molar-refractivity contribution in [2.75, 3.05) is 0 Å². The molecule has 0 spiro atoms. The third-order valence-corrected chi connectivity index (χ3v) is 2.22. The number of carboxylic acid groups (broad SMARTS) is 1. The van der Waals surface area contributed by atoms with Gasteiger partial charge in [-0.05, 0) is 25.8 Å². The van der Waals surface area contributed by atoms with E-state index in [4.69, 9.17) is 10.4 Å². The lowest BCUT2D eigenvalue weighted by Crippen LogP contribution is -1.96. The van der Waals surface area contributed by atoms with E-state index in [9.17, 15) is 4.79 Å². The van der Waals surface area contributed by atoms with E-state index in [1.54, 1.807) is 12.1 Å². The molecule has 0 aromatic rings. The molecule has 0 bridgehead atoms. The number of rotatable bonds is 7. The summed E-state index contributed by atoms with van der Waals surface area (Å²) in [5.41, 5.74) is 0.694. The first-order valence-electron chi connectivity index (χ1n) is 5.80. The molecule has 1 N–H and O–H groups in total. The zero-order chi connectivity index (χ0) is 13.1. The van der Waals surface area contributed by atoms with Crippen LogP contribution in [0.1, 0.15) is 39.5 Å². The molecule has 0 heterocycles. The standard InChI is InChI=1S/C14H19NO2/c1-3-4-5-6-7-8-12(2)9-10-13(11-15)14(16)17/h7-10H,3-6H2,1-2H3,(H,16,17). The van der Waals surface area contributed by atoms with Crippen molar-refractivity contribution in [2.45, 2.75) is 39.5 Å². The highest BCUT2D eigenvalue weighted by molar-refractivity contribution is 5.91. The Hall–Kier alpha value is -1.82. The second kappa shape index (κ2) is 9.41. The van der Waals surface area contributed by atoms with Crippen LogP contribution in [-0.2, 0) is 4.79 Å². The van der Waals surface area contributed by atoms with Gasteiger partial charge in [0.15, 0.2) is 0 Å². The van der Waals surface area contributed by atoms with Crippen molar-refractivity contribution in [1.82, 2.24) is 0 Å². The molecule has 0 saturated heterocycles. The van der Waals surface area contributed by atoms with Crippen LogP contribution in [0.25, 0.3) is 0 Å². The Balaban J connectivity index is 4.27. The van der Waals surface area contributed by atoms with E-state index < -0.39 is 5.97 Å². The molecule has 92 valence electrons. The fourth-order valence-corrected chi connectivity index (χ4v) is 1.21. The largest absolute Gasteiger partial charge is 0.477 e. The van der Waals surface area contributed by atoms with Crippen LogP contribution in [-0.4, -0.2) is 11.1 Å². The third-order valence-electron chi connectivity index (χ3n) is 2.22. The topological polar surface area (TPSA) is 61.1 Å². The number of nitriles is 1. The number of aliphatic carboxylic acids is 1. The second-order valence-electron chi connectivity index (χ2n) is 3.81. The average Bonchev–Trinajstić information content (AvgIpc) is 2.29. The van der Waals surface area contributed by atoms with Gasteiger partial charge in [0, 0.05) is 0 Å². The molecule has 0 amide bonds. The van der Waals surface area contributed by atoms with Gasteiger partial charge in [-0.2, -0.15) is 5.26 Å². The van der Waals surface area contributed by atoms with Gasteiger partial charge in [-0.1, -0.05) is 43.6 Å². The summed E-state index contributed by atoms with van der Waals surface area (Å²) in [5.74, 6) is -1.19. The number of hydrogen-bond donors (Lipinski definition) is 1. The van der Waals surface area contributed by atoms with Crippen molar-refractivity contribution in [3.05, 3.63) is 35.5 Å². The summed E-state index contributed by atoms with van der Waals surface area (Å²) in [4.78, 5) is 10.5. The minimum atomic E-state index is -1.19. The van der Waals surface area contributed by atoms with Crippen LogP contribution in [0.4, 0.5) is 0 Å². The van der Waals surface area contributed by atoms with Gasteiger partial charge >= 0.3 is 5.97 Å². The van der Waals surface area contributed by atoms with Crippen LogP contribution in [0.15, 0.2) is 35.5 Å². The molecule has 0 aromatic heterocycles. The molecule has 0 aliphatic heterocycles. The fraction of sp³-hybridized carbons (Fsp3) is 0.429. The first kappa shape index (κ1) is 15.2. The maximum absolute atomic E-state index is 10.5. The Kier molecular flexibility index (Phi) is 8.40. The Morgan fingerprint density at radius 2 is 2.06 bits per heavy atom. The van der Waals surface area contributed by atoms with Crippen LogP contribution in [0.5, 0.6) is 0 Å².